The molecule has 1 spiro atoms. The number of aromatic nitrogens is 8. The van der Waals surface area contributed by atoms with Crippen molar-refractivity contribution in [2.24, 2.45) is 7.05 Å². The van der Waals surface area contributed by atoms with E-state index in [-0.39, 0.29) is 34.1 Å². The van der Waals surface area contributed by atoms with Crippen molar-refractivity contribution in [3.63, 3.8) is 0 Å². The Morgan fingerprint density at radius 2 is 1.62 bits per heavy atom. The lowest BCUT2D eigenvalue weighted by Gasteiger charge is -2.26. The number of anilines is 1. The average molecular weight is 883 g/mol. The molecule has 27 nitrogen and oxygen atoms in total. The van der Waals surface area contributed by atoms with Crippen molar-refractivity contribution < 1.29 is 79.4 Å². The number of fused-ring (bicyclic) bond motifs is 3. The number of rotatable bonds is 13. The van der Waals surface area contributed by atoms with Gasteiger partial charge in [0, 0.05) is 20.0 Å². The Morgan fingerprint density at radius 3 is 2.29 bits per heavy atom. The third-order valence-corrected chi connectivity index (χ3v) is 14.3. The fourth-order valence-electron chi connectivity index (χ4n) is 7.72. The zero-order valence-electron chi connectivity index (χ0n) is 30.6. The number of nitrogens with one attached hydrogen (secondary N) is 2. The van der Waals surface area contributed by atoms with Crippen molar-refractivity contribution in [2.45, 2.75) is 87.5 Å². The highest BCUT2D eigenvalue weighted by Gasteiger charge is 2.61. The quantitative estimate of drug-likeness (QED) is 0.0636. The summed E-state index contributed by atoms with van der Waals surface area (Å²) in [5.41, 5.74) is 5.04. The average Bonchev–Trinajstić information content (AvgIpc) is 3.97. The fourth-order valence-corrected chi connectivity index (χ4v) is 11.2. The second kappa shape index (κ2) is 15.0. The molecule has 4 fully saturated rings. The Kier molecular flexibility index (Phi) is 10.7. The summed E-state index contributed by atoms with van der Waals surface area (Å²) in [7, 11) is -14.3. The number of phosphoric ester groups is 2. The Hall–Kier alpha value is -3.33. The van der Waals surface area contributed by atoms with Gasteiger partial charge in [-0.15, -0.1) is 0 Å². The lowest BCUT2D eigenvalue weighted by Crippen LogP contribution is -2.46. The number of hydrogen-bond donors (Lipinski definition) is 7. The highest BCUT2D eigenvalue weighted by molar-refractivity contribution is 7.66. The van der Waals surface area contributed by atoms with Crippen molar-refractivity contribution >= 4 is 51.7 Å². The number of aryl methyl sites for hydroxylation is 2. The summed E-state index contributed by atoms with van der Waals surface area (Å²) in [5.74, 6) is -0.914. The van der Waals surface area contributed by atoms with E-state index in [4.69, 9.17) is 38.5 Å². The van der Waals surface area contributed by atoms with Crippen molar-refractivity contribution in [1.29, 1.82) is 0 Å². The van der Waals surface area contributed by atoms with Crippen LogP contribution in [0.3, 0.4) is 0 Å². The molecule has 5 unspecified atom stereocenters. The van der Waals surface area contributed by atoms with Crippen LogP contribution in [0.1, 0.15) is 44.0 Å². The van der Waals surface area contributed by atoms with Crippen LogP contribution in [0.25, 0.3) is 22.3 Å². The van der Waals surface area contributed by atoms with Gasteiger partial charge in [0.25, 0.3) is 17.1 Å². The summed E-state index contributed by atoms with van der Waals surface area (Å²) >= 11 is 0. The van der Waals surface area contributed by atoms with Gasteiger partial charge in [0.2, 0.25) is 11.7 Å². The molecular weight excluding hydrogens is 843 g/mol. The molecule has 3 aliphatic heterocycles. The molecule has 4 aliphatic rings. The Bertz CT molecular complexity index is 2500. The number of H-pyrrole nitrogens is 2. The molecule has 4 aromatic rings. The van der Waals surface area contributed by atoms with Gasteiger partial charge in [-0.3, -0.25) is 32.8 Å². The number of aliphatic hydroxyl groups is 1. The SMILES string of the molecule is COC1[C@@H](COP(=O)(O)OP(=O)(O)OP(=O)(O)OC[C@H]2O[C@@H]([n+]3cn(C)c4c(=O)[nH]c(N)nc43)C3OC4(CCCC4)O[C@H]32)O[C@@H](n2cnc3c(=O)[nH]c(C)nc32)[C@H]1O. The first kappa shape index (κ1) is 41.4. The van der Waals surface area contributed by atoms with E-state index >= 15 is 0 Å². The number of aromatic amines is 2. The molecule has 318 valence electrons. The number of ether oxygens (including phenoxy) is 5. The maximum absolute atomic E-state index is 13.0. The maximum Gasteiger partial charge on any atom is 0.490 e. The third-order valence-electron chi connectivity index (χ3n) is 10.0. The molecule has 1 saturated carbocycles. The van der Waals surface area contributed by atoms with Crippen LogP contribution in [0.5, 0.6) is 0 Å². The Balaban J connectivity index is 0.916. The lowest BCUT2D eigenvalue weighted by molar-refractivity contribution is -0.746. The van der Waals surface area contributed by atoms with Crippen LogP contribution in [-0.4, -0.2) is 117 Å². The lowest BCUT2D eigenvalue weighted by atomic mass is 10.1. The van der Waals surface area contributed by atoms with Gasteiger partial charge in [-0.25, -0.2) is 28.2 Å². The molecule has 58 heavy (non-hydrogen) atoms. The molecule has 1 aliphatic carbocycles. The minimum atomic E-state index is -5.93. The molecule has 0 aromatic carbocycles. The number of hydrogen-bond acceptors (Lipinski definition) is 19. The first-order valence-electron chi connectivity index (χ1n) is 17.6. The Morgan fingerprint density at radius 1 is 0.966 bits per heavy atom. The van der Waals surface area contributed by atoms with Gasteiger partial charge < -0.3 is 54.2 Å². The third kappa shape index (κ3) is 7.75. The standard InChI is InChI=1S/C28H38N9O18P3/c1-12-31-21-15(23(39)32-12)30-10-36(21)25-17(38)18(47-3)13(50-25)8-48-56(41,42)54-58(45,46)55-57(43,44)49-9-14-19-20(53-28(52-19)6-4-5-7-28)26(51-14)37-11-35(2)16-22(37)33-27(29)34-24(16)40/h10-11,13-14,17-20,25-26,38H,4-9H2,1-3H3,(H6-,29,31,32,33,34,39,40,41,42,43,44,45,46)/p+1/t13-,14-,17+,18?,19+,20?,25-,26-/m1/s1. The second-order valence-corrected chi connectivity index (χ2v) is 18.6. The molecule has 8 rings (SSSR count). The van der Waals surface area contributed by atoms with E-state index in [0.717, 1.165) is 12.8 Å². The van der Waals surface area contributed by atoms with E-state index in [0.29, 0.717) is 12.8 Å². The summed E-state index contributed by atoms with van der Waals surface area (Å²) < 4.78 is 91.1. The number of aliphatic hydroxyl groups excluding tert-OH is 1. The number of imidazole rings is 2. The summed E-state index contributed by atoms with van der Waals surface area (Å²) in [6, 6.07) is 0. The summed E-state index contributed by atoms with van der Waals surface area (Å²) in [4.78, 5) is 73.4. The van der Waals surface area contributed by atoms with Crippen molar-refractivity contribution in [2.75, 3.05) is 26.1 Å². The molecule has 0 bridgehead atoms. The number of phosphoric acid groups is 3. The topological polar surface area (TPSA) is 359 Å². The molecular formula is C28H39N9O18P3+. The van der Waals surface area contributed by atoms with Crippen LogP contribution in [0.2, 0.25) is 0 Å². The number of nitrogen functional groups attached to an aromatic ring is 1. The first-order valence-corrected chi connectivity index (χ1v) is 22.0. The number of nitrogens with two attached hydrogens (primary N) is 1. The van der Waals surface area contributed by atoms with Gasteiger partial charge in [-0.2, -0.15) is 8.62 Å². The van der Waals surface area contributed by atoms with Crippen LogP contribution in [0.4, 0.5) is 5.95 Å². The first-order chi connectivity index (χ1) is 27.3. The molecule has 0 amide bonds. The number of nitrogens with zero attached hydrogens (tertiary/aromatic N) is 6. The predicted octanol–water partition coefficient (Wildman–Crippen LogP) is -0.834. The highest BCUT2D eigenvalue weighted by atomic mass is 31.3. The molecule has 3 saturated heterocycles. The molecule has 0 radical (unpaired) electrons. The highest BCUT2D eigenvalue weighted by Crippen LogP contribution is 2.68. The maximum atomic E-state index is 13.0. The van der Waals surface area contributed by atoms with Gasteiger partial charge in [-0.05, 0) is 19.8 Å². The molecule has 7 heterocycles. The van der Waals surface area contributed by atoms with Gasteiger partial charge >= 0.3 is 29.1 Å². The van der Waals surface area contributed by atoms with Crippen molar-refractivity contribution in [3.8, 4) is 0 Å². The van der Waals surface area contributed by atoms with E-state index in [1.807, 2.05) is 0 Å². The molecule has 8 N–H and O–H groups in total. The number of methoxy groups -OCH3 is 1. The molecule has 4 aromatic heterocycles. The predicted molar refractivity (Wildman–Crippen MR) is 188 cm³/mol. The second-order valence-electron chi connectivity index (χ2n) is 14.0. The normalized spacial score (nSPS) is 31.2. The van der Waals surface area contributed by atoms with Crippen LogP contribution < -0.4 is 21.4 Å². The zero-order chi connectivity index (χ0) is 41.5. The van der Waals surface area contributed by atoms with Gasteiger partial charge in [0.15, 0.2) is 29.5 Å². The Labute approximate surface area is 324 Å². The van der Waals surface area contributed by atoms with Crippen LogP contribution in [-0.2, 0) is 62.1 Å². The smallest absolute Gasteiger partial charge is 0.386 e. The summed E-state index contributed by atoms with van der Waals surface area (Å²) in [5, 5.41) is 10.9. The summed E-state index contributed by atoms with van der Waals surface area (Å²) in [6.07, 6.45) is -3.88. The van der Waals surface area contributed by atoms with Gasteiger partial charge in [0.1, 0.15) is 42.4 Å². The minimum Gasteiger partial charge on any atom is -0.386 e. The van der Waals surface area contributed by atoms with Crippen LogP contribution in [0.15, 0.2) is 22.2 Å². The largest absolute Gasteiger partial charge is 0.490 e. The van der Waals surface area contributed by atoms with Crippen molar-refractivity contribution in [3.05, 3.63) is 39.2 Å². The van der Waals surface area contributed by atoms with E-state index in [1.54, 1.807) is 7.05 Å². The van der Waals surface area contributed by atoms with Gasteiger partial charge in [-0.1, -0.05) is 4.98 Å². The van der Waals surface area contributed by atoms with Crippen molar-refractivity contribution in [1.82, 2.24) is 34.1 Å². The zero-order valence-corrected chi connectivity index (χ0v) is 33.3. The van der Waals surface area contributed by atoms with Crippen LogP contribution >= 0.6 is 23.5 Å². The van der Waals surface area contributed by atoms with Gasteiger partial charge in [0.05, 0.1) is 26.6 Å². The van der Waals surface area contributed by atoms with E-state index in [1.165, 1.54) is 40.4 Å². The summed E-state index contributed by atoms with van der Waals surface area (Å²) in [6.45, 7) is -0.171. The van der Waals surface area contributed by atoms with E-state index in [2.05, 4.69) is 33.5 Å². The van der Waals surface area contributed by atoms with E-state index < -0.39 is 103 Å². The minimum absolute atomic E-state index is 0.0530. The van der Waals surface area contributed by atoms with E-state index in [9.17, 15) is 43.1 Å². The monoisotopic (exact) mass is 882 g/mol. The van der Waals surface area contributed by atoms with Crippen LogP contribution in [0, 0.1) is 6.92 Å². The molecule has 11 atom stereocenters. The molecule has 30 heteroatoms. The fraction of sp³-hybridized carbons (Fsp3) is 0.643.